The number of hydrogen-bond acceptors (Lipinski definition) is 3. The smallest absolute Gasteiger partial charge is 0.275 e. The molecule has 0 aromatic heterocycles. The van der Waals surface area contributed by atoms with E-state index in [1.165, 1.54) is 6.07 Å². The van der Waals surface area contributed by atoms with Crippen molar-refractivity contribution in [2.24, 2.45) is 10.8 Å². The minimum Gasteiger partial charge on any atom is -0.370 e. The zero-order chi connectivity index (χ0) is 6.57. The van der Waals surface area contributed by atoms with E-state index < -0.39 is 10.9 Å². The van der Waals surface area contributed by atoms with Crippen LogP contribution < -0.4 is 5.73 Å². The van der Waals surface area contributed by atoms with Crippen molar-refractivity contribution < 1.29 is 5.03 Å². The lowest BCUT2D eigenvalue weighted by atomic mass is 10.7. The van der Waals surface area contributed by atoms with E-state index in [2.05, 4.69) is 10.8 Å². The van der Waals surface area contributed by atoms with Gasteiger partial charge in [0.1, 0.15) is 6.07 Å². The molecule has 0 aliphatic carbocycles. The Morgan fingerprint density at radius 1 is 2.00 bits per heavy atom. The van der Waals surface area contributed by atoms with Crippen LogP contribution >= 0.6 is 0 Å². The quantitative estimate of drug-likeness (QED) is 0.205. The topological polar surface area (TPSA) is 105 Å². The molecule has 0 spiro atoms. The van der Waals surface area contributed by atoms with Crippen LogP contribution in [0.25, 0.3) is 0 Å². The van der Waals surface area contributed by atoms with Crippen molar-refractivity contribution in [2.75, 3.05) is 0 Å². The third kappa shape index (κ3) is 2.59. The zero-order valence-corrected chi connectivity index (χ0v) is 3.74. The first-order valence-electron chi connectivity index (χ1n) is 1.55. The van der Waals surface area contributed by atoms with Gasteiger partial charge in [-0.25, -0.2) is 10.1 Å². The maximum absolute atomic E-state index is 9.36. The highest BCUT2D eigenvalue weighted by Crippen LogP contribution is 1.67. The molecule has 2 N–H and O–H groups in total. The van der Waals surface area contributed by atoms with E-state index in [0.29, 0.717) is 0 Å². The lowest BCUT2D eigenvalue weighted by molar-refractivity contribution is -0.484. The highest BCUT2D eigenvalue weighted by atomic mass is 16.7. The molecule has 0 aromatic rings. The van der Waals surface area contributed by atoms with Crippen LogP contribution in [0.2, 0.25) is 0 Å². The molecular formula is C2H2N4O2. The monoisotopic (exact) mass is 114 g/mol. The fourth-order valence-corrected chi connectivity index (χ4v) is 0.110. The van der Waals surface area contributed by atoms with Crippen LogP contribution in [-0.4, -0.2) is 10.9 Å². The molecule has 0 radical (unpaired) electrons. The van der Waals surface area contributed by atoms with Crippen molar-refractivity contribution in [3.05, 3.63) is 10.1 Å². The summed E-state index contributed by atoms with van der Waals surface area (Å²) in [7, 11) is 0. The maximum atomic E-state index is 9.36. The Morgan fingerprint density at radius 3 is 2.62 bits per heavy atom. The molecule has 42 valence electrons. The summed E-state index contributed by atoms with van der Waals surface area (Å²) in [4.78, 5) is 9.36. The molecular weight excluding hydrogens is 112 g/mol. The minimum absolute atomic E-state index is 0.644. The number of amidine groups is 1. The summed E-state index contributed by atoms with van der Waals surface area (Å²) in [6, 6.07) is 1.28. The molecule has 0 atom stereocenters. The fourth-order valence-electron chi connectivity index (χ4n) is 0.110. The van der Waals surface area contributed by atoms with Crippen molar-refractivity contribution in [2.45, 2.75) is 0 Å². The average molecular weight is 114 g/mol. The first-order chi connectivity index (χ1) is 3.66. The van der Waals surface area contributed by atoms with Gasteiger partial charge in [0.25, 0.3) is 5.84 Å². The number of nitro groups is 1. The summed E-state index contributed by atoms with van der Waals surface area (Å²) in [6.07, 6.45) is 0. The molecule has 0 saturated heterocycles. The predicted molar refractivity (Wildman–Crippen MR) is 24.2 cm³/mol. The van der Waals surface area contributed by atoms with Gasteiger partial charge in [0, 0.05) is 0 Å². The molecule has 0 saturated carbocycles. The summed E-state index contributed by atoms with van der Waals surface area (Å²) in [6.45, 7) is 0. The normalized spacial score (nSPS) is 10.1. The number of nitrogens with zero attached hydrogens (tertiary/aromatic N) is 3. The second-order valence-electron chi connectivity index (χ2n) is 0.835. The van der Waals surface area contributed by atoms with Crippen LogP contribution in [0.5, 0.6) is 0 Å². The lowest BCUT2D eigenvalue weighted by Crippen LogP contribution is -2.10. The molecule has 0 heterocycles. The first kappa shape index (κ1) is 6.36. The fraction of sp³-hybridized carbons (Fsp3) is 0. The van der Waals surface area contributed by atoms with Gasteiger partial charge in [0.2, 0.25) is 0 Å². The van der Waals surface area contributed by atoms with E-state index in [9.17, 15) is 10.1 Å². The highest BCUT2D eigenvalue weighted by Gasteiger charge is 1.92. The lowest BCUT2D eigenvalue weighted by Gasteiger charge is -1.73. The first-order valence-corrected chi connectivity index (χ1v) is 1.55. The molecule has 8 heavy (non-hydrogen) atoms. The SMILES string of the molecule is N#CC(N)=N[N+](=O)[O-]. The predicted octanol–water partition coefficient (Wildman–Crippen LogP) is -0.941. The molecule has 6 nitrogen and oxygen atoms in total. The Bertz CT molecular complexity index is 165. The van der Waals surface area contributed by atoms with Crippen LogP contribution in [-0.2, 0) is 0 Å². The molecule has 0 fully saturated rings. The van der Waals surface area contributed by atoms with E-state index in [4.69, 9.17) is 5.26 Å². The number of nitriles is 1. The van der Waals surface area contributed by atoms with Gasteiger partial charge >= 0.3 is 0 Å². The molecule has 0 amide bonds. The third-order valence-corrected chi connectivity index (χ3v) is 0.304. The van der Waals surface area contributed by atoms with Gasteiger partial charge in [-0.2, -0.15) is 5.26 Å². The van der Waals surface area contributed by atoms with Crippen LogP contribution in [0.3, 0.4) is 0 Å². The Balaban J connectivity index is 4.01. The van der Waals surface area contributed by atoms with Gasteiger partial charge in [-0.3, -0.25) is 0 Å². The van der Waals surface area contributed by atoms with Crippen LogP contribution in [0.4, 0.5) is 0 Å². The van der Waals surface area contributed by atoms with Crippen LogP contribution in [0.1, 0.15) is 0 Å². The van der Waals surface area contributed by atoms with E-state index in [1.807, 2.05) is 0 Å². The molecule has 0 rings (SSSR count). The average Bonchev–Trinajstić information content (AvgIpc) is 1.65. The van der Waals surface area contributed by atoms with Crippen molar-refractivity contribution in [3.8, 4) is 6.07 Å². The summed E-state index contributed by atoms with van der Waals surface area (Å²) in [5.74, 6) is -0.644. The molecule has 0 aliphatic rings. The molecule has 0 unspecified atom stereocenters. The standard InChI is InChI=1S/C2H2N4O2/c3-1-2(4)5-6(7)8/h(H2,4,5). The Kier molecular flexibility index (Phi) is 2.00. The van der Waals surface area contributed by atoms with E-state index in [0.717, 1.165) is 0 Å². The van der Waals surface area contributed by atoms with Crippen molar-refractivity contribution >= 4 is 5.84 Å². The van der Waals surface area contributed by atoms with E-state index in [1.54, 1.807) is 0 Å². The van der Waals surface area contributed by atoms with Gasteiger partial charge < -0.3 is 5.73 Å². The van der Waals surface area contributed by atoms with Gasteiger partial charge in [0.05, 0.1) is 5.10 Å². The second-order valence-corrected chi connectivity index (χ2v) is 0.835. The summed E-state index contributed by atoms with van der Waals surface area (Å²) in [5.41, 5.74) is 4.62. The van der Waals surface area contributed by atoms with Crippen molar-refractivity contribution in [3.63, 3.8) is 0 Å². The summed E-state index contributed by atoms with van der Waals surface area (Å²) < 4.78 is 0. The van der Waals surface area contributed by atoms with Gasteiger partial charge in [0.15, 0.2) is 5.03 Å². The maximum Gasteiger partial charge on any atom is 0.275 e. The number of rotatable bonds is 1. The minimum atomic E-state index is -1.03. The van der Waals surface area contributed by atoms with Gasteiger partial charge in [-0.1, -0.05) is 0 Å². The zero-order valence-electron chi connectivity index (χ0n) is 3.74. The molecule has 0 bridgehead atoms. The molecule has 0 aliphatic heterocycles. The Morgan fingerprint density at radius 2 is 2.50 bits per heavy atom. The molecule has 6 heteroatoms. The Labute approximate surface area is 44.4 Å². The van der Waals surface area contributed by atoms with Crippen LogP contribution in [0.15, 0.2) is 5.10 Å². The second kappa shape index (κ2) is 2.52. The van der Waals surface area contributed by atoms with Gasteiger partial charge in [-0.15, -0.1) is 0 Å². The van der Waals surface area contributed by atoms with E-state index in [-0.39, 0.29) is 0 Å². The number of hydrazone groups is 1. The summed E-state index contributed by atoms with van der Waals surface area (Å²) in [5, 5.41) is 18.6. The largest absolute Gasteiger partial charge is 0.370 e. The van der Waals surface area contributed by atoms with Gasteiger partial charge in [-0.05, 0) is 0 Å². The number of nitrogens with two attached hydrogens (primary N) is 1. The Hall–Kier alpha value is -1.64. The highest BCUT2D eigenvalue weighted by molar-refractivity contribution is 5.94. The third-order valence-electron chi connectivity index (χ3n) is 0.304. The number of hydrogen-bond donors (Lipinski definition) is 1. The molecule has 0 aromatic carbocycles. The van der Waals surface area contributed by atoms with Crippen molar-refractivity contribution in [1.82, 2.24) is 0 Å². The van der Waals surface area contributed by atoms with Crippen molar-refractivity contribution in [1.29, 1.82) is 5.26 Å². The summed E-state index contributed by atoms with van der Waals surface area (Å²) >= 11 is 0. The van der Waals surface area contributed by atoms with E-state index >= 15 is 0 Å². The van der Waals surface area contributed by atoms with Crippen LogP contribution in [0, 0.1) is 21.4 Å².